The number of ether oxygens (including phenoxy) is 3. The number of carbonyl (C=O) groups is 2. The van der Waals surface area contributed by atoms with E-state index in [1.807, 2.05) is 0 Å². The first kappa shape index (κ1) is 19.8. The minimum atomic E-state index is -0.544. The summed E-state index contributed by atoms with van der Waals surface area (Å²) >= 11 is 0. The van der Waals surface area contributed by atoms with Crippen molar-refractivity contribution in [1.29, 1.82) is 0 Å². The molecule has 8 heteroatoms. The molecule has 2 aromatic carbocycles. The third kappa shape index (κ3) is 6.35. The van der Waals surface area contributed by atoms with Crippen molar-refractivity contribution in [3.05, 3.63) is 53.6 Å². The molecule has 0 bridgehead atoms. The van der Waals surface area contributed by atoms with Gasteiger partial charge >= 0.3 is 0 Å². The molecule has 0 fully saturated rings. The fraction of sp³-hybridized carbons (Fsp3) is 0.211. The van der Waals surface area contributed by atoms with Gasteiger partial charge in [-0.3, -0.25) is 9.59 Å². The molecule has 2 rings (SSSR count). The van der Waals surface area contributed by atoms with Gasteiger partial charge in [-0.1, -0.05) is 6.07 Å². The van der Waals surface area contributed by atoms with Gasteiger partial charge in [0.05, 0.1) is 26.9 Å². The van der Waals surface area contributed by atoms with Crippen LogP contribution in [-0.2, 0) is 16.0 Å². The van der Waals surface area contributed by atoms with Crippen LogP contribution in [0, 0.1) is 0 Å². The van der Waals surface area contributed by atoms with E-state index in [-0.39, 0.29) is 18.9 Å². The maximum Gasteiger partial charge on any atom is 0.255 e. The van der Waals surface area contributed by atoms with Crippen LogP contribution in [0.1, 0.15) is 11.1 Å². The highest BCUT2D eigenvalue weighted by molar-refractivity contribution is 5.83. The topological polar surface area (TPSA) is 112 Å². The number of benzene rings is 2. The van der Waals surface area contributed by atoms with Crippen molar-refractivity contribution < 1.29 is 23.8 Å². The molecule has 3 N–H and O–H groups in total. The molecule has 2 amide bonds. The lowest BCUT2D eigenvalue weighted by Crippen LogP contribution is -2.20. The van der Waals surface area contributed by atoms with E-state index in [9.17, 15) is 9.59 Å². The summed E-state index contributed by atoms with van der Waals surface area (Å²) in [5.41, 5.74) is 9.01. The number of hydrogen-bond acceptors (Lipinski definition) is 6. The second-order valence-corrected chi connectivity index (χ2v) is 5.48. The largest absolute Gasteiger partial charge is 0.493 e. The Hall–Kier alpha value is -3.55. The summed E-state index contributed by atoms with van der Waals surface area (Å²) in [6, 6.07) is 12.1. The number of amides is 2. The van der Waals surface area contributed by atoms with Crippen molar-refractivity contribution in [3.8, 4) is 17.2 Å². The smallest absolute Gasteiger partial charge is 0.255 e. The van der Waals surface area contributed by atoms with Gasteiger partial charge in [-0.2, -0.15) is 5.10 Å². The Balaban J connectivity index is 1.87. The van der Waals surface area contributed by atoms with Crippen LogP contribution in [0.2, 0.25) is 0 Å². The Morgan fingerprint density at radius 1 is 1.07 bits per heavy atom. The zero-order valence-corrected chi connectivity index (χ0v) is 15.1. The van der Waals surface area contributed by atoms with Gasteiger partial charge in [0.2, 0.25) is 5.91 Å². The Morgan fingerprint density at radius 2 is 1.78 bits per heavy atom. The van der Waals surface area contributed by atoms with Crippen molar-refractivity contribution >= 4 is 18.0 Å². The van der Waals surface area contributed by atoms with Crippen LogP contribution in [0.25, 0.3) is 0 Å². The third-order valence-corrected chi connectivity index (χ3v) is 3.48. The fourth-order valence-electron chi connectivity index (χ4n) is 2.20. The van der Waals surface area contributed by atoms with E-state index in [4.69, 9.17) is 19.9 Å². The quantitative estimate of drug-likeness (QED) is 0.509. The molecule has 0 spiro atoms. The Bertz CT molecular complexity index is 819. The average Bonchev–Trinajstić information content (AvgIpc) is 2.67. The van der Waals surface area contributed by atoms with E-state index >= 15 is 0 Å². The molecule has 0 radical (unpaired) electrons. The Labute approximate surface area is 156 Å². The monoisotopic (exact) mass is 371 g/mol. The van der Waals surface area contributed by atoms with Crippen molar-refractivity contribution in [2.45, 2.75) is 6.42 Å². The minimum Gasteiger partial charge on any atom is -0.493 e. The van der Waals surface area contributed by atoms with E-state index in [2.05, 4.69) is 10.5 Å². The minimum absolute atomic E-state index is 0.150. The molecule has 27 heavy (non-hydrogen) atoms. The number of nitrogens with two attached hydrogens (primary N) is 1. The van der Waals surface area contributed by atoms with Crippen molar-refractivity contribution in [2.75, 3.05) is 20.8 Å². The van der Waals surface area contributed by atoms with E-state index in [1.165, 1.54) is 13.3 Å². The van der Waals surface area contributed by atoms with Crippen LogP contribution in [0.5, 0.6) is 17.2 Å². The van der Waals surface area contributed by atoms with Crippen LogP contribution >= 0.6 is 0 Å². The van der Waals surface area contributed by atoms with Crippen molar-refractivity contribution in [1.82, 2.24) is 5.43 Å². The van der Waals surface area contributed by atoms with Crippen LogP contribution in [0.3, 0.4) is 0 Å². The van der Waals surface area contributed by atoms with Gasteiger partial charge in [0.1, 0.15) is 5.75 Å². The molecule has 0 heterocycles. The molecule has 142 valence electrons. The summed E-state index contributed by atoms with van der Waals surface area (Å²) < 4.78 is 15.5. The number of hydrazone groups is 1. The predicted octanol–water partition coefficient (Wildman–Crippen LogP) is 1.26. The predicted molar refractivity (Wildman–Crippen MR) is 100 cm³/mol. The molecular weight excluding hydrogens is 350 g/mol. The summed E-state index contributed by atoms with van der Waals surface area (Å²) in [5.74, 6) is 0.869. The first-order valence-corrected chi connectivity index (χ1v) is 8.06. The zero-order chi connectivity index (χ0) is 19.6. The number of nitrogens with one attached hydrogen (secondary N) is 1. The van der Waals surface area contributed by atoms with E-state index in [1.54, 1.807) is 49.6 Å². The van der Waals surface area contributed by atoms with E-state index in [0.29, 0.717) is 17.2 Å². The Kier molecular flexibility index (Phi) is 7.18. The number of hydrogen-bond donors (Lipinski definition) is 2. The van der Waals surface area contributed by atoms with Crippen LogP contribution < -0.4 is 25.4 Å². The summed E-state index contributed by atoms with van der Waals surface area (Å²) in [7, 11) is 3.09. The lowest BCUT2D eigenvalue weighted by Gasteiger charge is -2.09. The average molecular weight is 371 g/mol. The molecule has 0 atom stereocenters. The Morgan fingerprint density at radius 3 is 2.41 bits per heavy atom. The van der Waals surface area contributed by atoms with Gasteiger partial charge in [0, 0.05) is 0 Å². The molecule has 0 aliphatic rings. The maximum atomic E-state index is 12.0. The van der Waals surface area contributed by atoms with Gasteiger partial charge in [-0.05, 0) is 47.5 Å². The lowest BCUT2D eigenvalue weighted by atomic mass is 10.1. The number of methoxy groups -OCH3 is 2. The van der Waals surface area contributed by atoms with Gasteiger partial charge in [0.25, 0.3) is 5.91 Å². The van der Waals surface area contributed by atoms with Crippen molar-refractivity contribution in [3.63, 3.8) is 0 Å². The lowest BCUT2D eigenvalue weighted by molar-refractivity contribution is -0.121. The molecule has 0 saturated carbocycles. The maximum absolute atomic E-state index is 12.0. The SMILES string of the molecule is COc1ccc(CC(=O)N/N=C/c2ccc(OCC(N)=O)cc2)cc1OC. The molecule has 0 aliphatic heterocycles. The second kappa shape index (κ2) is 9.81. The van der Waals surface area contributed by atoms with Crippen LogP contribution in [0.15, 0.2) is 47.6 Å². The number of carbonyl (C=O) groups excluding carboxylic acids is 2. The molecule has 2 aromatic rings. The van der Waals surface area contributed by atoms with Crippen LogP contribution in [-0.4, -0.2) is 38.9 Å². The van der Waals surface area contributed by atoms with Crippen LogP contribution in [0.4, 0.5) is 0 Å². The molecule has 8 nitrogen and oxygen atoms in total. The van der Waals surface area contributed by atoms with Gasteiger partial charge in [0.15, 0.2) is 18.1 Å². The molecular formula is C19H21N3O5. The van der Waals surface area contributed by atoms with Gasteiger partial charge in [-0.15, -0.1) is 0 Å². The van der Waals surface area contributed by atoms with E-state index < -0.39 is 5.91 Å². The summed E-state index contributed by atoms with van der Waals surface area (Å²) in [5, 5.41) is 3.92. The zero-order valence-electron chi connectivity index (χ0n) is 15.1. The highest BCUT2D eigenvalue weighted by Crippen LogP contribution is 2.27. The first-order valence-electron chi connectivity index (χ1n) is 8.06. The van der Waals surface area contributed by atoms with Crippen molar-refractivity contribution in [2.24, 2.45) is 10.8 Å². The highest BCUT2D eigenvalue weighted by Gasteiger charge is 2.07. The van der Waals surface area contributed by atoms with E-state index in [0.717, 1.165) is 11.1 Å². The highest BCUT2D eigenvalue weighted by atomic mass is 16.5. The number of rotatable bonds is 9. The second-order valence-electron chi connectivity index (χ2n) is 5.48. The first-order chi connectivity index (χ1) is 13.0. The molecule has 0 saturated heterocycles. The number of nitrogens with zero attached hydrogens (tertiary/aromatic N) is 1. The fourth-order valence-corrected chi connectivity index (χ4v) is 2.20. The van der Waals surface area contributed by atoms with Gasteiger partial charge in [-0.25, -0.2) is 5.43 Å². The summed E-state index contributed by atoms with van der Waals surface area (Å²) in [4.78, 5) is 22.7. The molecule has 0 aromatic heterocycles. The van der Waals surface area contributed by atoms with Gasteiger partial charge < -0.3 is 19.9 Å². The standard InChI is InChI=1S/C19H21N3O5/c1-25-16-8-5-14(9-17(16)26-2)10-19(24)22-21-11-13-3-6-15(7-4-13)27-12-18(20)23/h3-9,11H,10,12H2,1-2H3,(H2,20,23)(H,22,24)/b21-11+. The summed E-state index contributed by atoms with van der Waals surface area (Å²) in [6.07, 6.45) is 1.65. The molecule has 0 unspecified atom stereocenters. The molecule has 0 aliphatic carbocycles. The number of primary amides is 1. The normalized spacial score (nSPS) is 10.4. The summed E-state index contributed by atoms with van der Waals surface area (Å²) in [6.45, 7) is -0.181. The third-order valence-electron chi connectivity index (χ3n) is 3.48.